The van der Waals surface area contributed by atoms with E-state index in [2.05, 4.69) is 0 Å². The van der Waals surface area contributed by atoms with Crippen LogP contribution < -0.4 is 0 Å². The lowest BCUT2D eigenvalue weighted by molar-refractivity contribution is -0.140. The number of aliphatic hydroxyl groups is 1. The predicted octanol–water partition coefficient (Wildman–Crippen LogP) is 2.47. The lowest BCUT2D eigenvalue weighted by Gasteiger charge is -2.33. The molecule has 0 aromatic heterocycles. The minimum Gasteiger partial charge on any atom is -0.390 e. The minimum absolute atomic E-state index is 0.0810. The first kappa shape index (κ1) is 16.3. The van der Waals surface area contributed by atoms with Gasteiger partial charge < -0.3 is 14.7 Å². The smallest absolute Gasteiger partial charge is 0.225 e. The van der Waals surface area contributed by atoms with Gasteiger partial charge in [-0.3, -0.25) is 4.79 Å². The van der Waals surface area contributed by atoms with Crippen molar-refractivity contribution in [2.75, 3.05) is 14.2 Å². The van der Waals surface area contributed by atoms with E-state index in [-0.39, 0.29) is 17.9 Å². The van der Waals surface area contributed by atoms with Crippen LogP contribution in [0.25, 0.3) is 0 Å². The maximum absolute atomic E-state index is 12.5. The molecule has 3 atom stereocenters. The first-order valence-electron chi connectivity index (χ1n) is 7.21. The minimum atomic E-state index is -0.461. The van der Waals surface area contributed by atoms with Crippen molar-refractivity contribution in [2.24, 2.45) is 5.92 Å². The van der Waals surface area contributed by atoms with Crippen molar-refractivity contribution in [1.82, 2.24) is 4.90 Å². The van der Waals surface area contributed by atoms with E-state index in [0.29, 0.717) is 30.8 Å². The van der Waals surface area contributed by atoms with Crippen LogP contribution in [0, 0.1) is 5.92 Å². The molecule has 4 nitrogen and oxygen atoms in total. The number of methoxy groups -OCH3 is 1. The van der Waals surface area contributed by atoms with Gasteiger partial charge in [0.05, 0.1) is 12.2 Å². The summed E-state index contributed by atoms with van der Waals surface area (Å²) < 4.78 is 5.26. The molecular weight excluding hydrogens is 290 g/mol. The second-order valence-corrected chi connectivity index (χ2v) is 6.11. The summed E-state index contributed by atoms with van der Waals surface area (Å²) in [5.74, 6) is 0.0199. The molecule has 1 aliphatic carbocycles. The number of carbonyl (C=O) groups is 1. The molecule has 1 fully saturated rings. The number of aliphatic hydroxyl groups excluding tert-OH is 1. The molecule has 1 aliphatic rings. The van der Waals surface area contributed by atoms with E-state index in [9.17, 15) is 9.90 Å². The summed E-state index contributed by atoms with van der Waals surface area (Å²) in [6.07, 6.45) is 1.19. The lowest BCUT2D eigenvalue weighted by Crippen LogP contribution is -2.41. The molecule has 0 saturated heterocycles. The summed E-state index contributed by atoms with van der Waals surface area (Å²) >= 11 is 5.96. The molecule has 0 heterocycles. The predicted molar refractivity (Wildman–Crippen MR) is 82.1 cm³/mol. The van der Waals surface area contributed by atoms with E-state index in [1.165, 1.54) is 0 Å². The third-order valence-corrected chi connectivity index (χ3v) is 4.33. The number of halogens is 1. The second kappa shape index (κ2) is 7.25. The van der Waals surface area contributed by atoms with Crippen molar-refractivity contribution >= 4 is 17.5 Å². The van der Waals surface area contributed by atoms with Crippen LogP contribution in [-0.2, 0) is 16.1 Å². The first-order chi connectivity index (χ1) is 10.0. The van der Waals surface area contributed by atoms with Crippen molar-refractivity contribution in [1.29, 1.82) is 0 Å². The Morgan fingerprint density at radius 2 is 2.24 bits per heavy atom. The molecule has 0 spiro atoms. The Kier molecular flexibility index (Phi) is 5.62. The zero-order chi connectivity index (χ0) is 15.4. The average molecular weight is 312 g/mol. The molecule has 1 amide bonds. The molecule has 116 valence electrons. The van der Waals surface area contributed by atoms with Gasteiger partial charge in [0, 0.05) is 31.6 Å². The normalized spacial score (nSPS) is 25.6. The molecule has 0 aliphatic heterocycles. The molecule has 0 bridgehead atoms. The number of nitrogens with zero attached hydrogens (tertiary/aromatic N) is 1. The molecule has 0 unspecified atom stereocenters. The van der Waals surface area contributed by atoms with Crippen LogP contribution in [0.1, 0.15) is 24.8 Å². The Morgan fingerprint density at radius 3 is 2.90 bits per heavy atom. The van der Waals surface area contributed by atoms with E-state index in [4.69, 9.17) is 16.3 Å². The summed E-state index contributed by atoms with van der Waals surface area (Å²) in [4.78, 5) is 14.2. The van der Waals surface area contributed by atoms with Gasteiger partial charge in [-0.05, 0) is 37.0 Å². The molecule has 1 N–H and O–H groups in total. The van der Waals surface area contributed by atoms with Crippen LogP contribution in [0.4, 0.5) is 0 Å². The summed E-state index contributed by atoms with van der Waals surface area (Å²) in [5, 5.41) is 10.5. The van der Waals surface area contributed by atoms with E-state index < -0.39 is 6.10 Å². The van der Waals surface area contributed by atoms with E-state index >= 15 is 0 Å². The fraction of sp³-hybridized carbons (Fsp3) is 0.562. The van der Waals surface area contributed by atoms with Crippen LogP contribution >= 0.6 is 11.6 Å². The lowest BCUT2D eigenvalue weighted by atomic mass is 9.84. The maximum Gasteiger partial charge on any atom is 0.225 e. The zero-order valence-electron chi connectivity index (χ0n) is 12.5. The zero-order valence-corrected chi connectivity index (χ0v) is 13.2. The number of hydrogen-bond donors (Lipinski definition) is 1. The number of rotatable bonds is 4. The van der Waals surface area contributed by atoms with Crippen LogP contribution in [0.5, 0.6) is 0 Å². The summed E-state index contributed by atoms with van der Waals surface area (Å²) in [5.41, 5.74) is 1.01. The third-order valence-electron chi connectivity index (χ3n) is 4.09. The molecule has 1 saturated carbocycles. The SMILES string of the molecule is CO[C@@H]1C[C@H](C(=O)N(C)Cc2cccc(Cl)c2)CC[C@@H]1O. The Hall–Kier alpha value is -1.10. The standard InChI is InChI=1S/C16H22ClNO3/c1-18(10-11-4-3-5-13(17)8-11)16(20)12-6-7-14(19)15(9-12)21-2/h3-5,8,12,14-15,19H,6-7,9-10H2,1-2H3/t12-,14+,15-/m1/s1. The topological polar surface area (TPSA) is 49.8 Å². The average Bonchev–Trinajstić information content (AvgIpc) is 2.47. The Balaban J connectivity index is 1.96. The summed E-state index contributed by atoms with van der Waals surface area (Å²) in [6, 6.07) is 7.53. The molecule has 21 heavy (non-hydrogen) atoms. The largest absolute Gasteiger partial charge is 0.390 e. The van der Waals surface area contributed by atoms with Crippen molar-refractivity contribution in [2.45, 2.75) is 38.0 Å². The van der Waals surface area contributed by atoms with Gasteiger partial charge in [-0.15, -0.1) is 0 Å². The van der Waals surface area contributed by atoms with Gasteiger partial charge in [0.15, 0.2) is 0 Å². The van der Waals surface area contributed by atoms with Crippen LogP contribution in [0.2, 0.25) is 5.02 Å². The first-order valence-corrected chi connectivity index (χ1v) is 7.59. The maximum atomic E-state index is 12.5. The van der Waals surface area contributed by atoms with Gasteiger partial charge in [0.1, 0.15) is 0 Å². The Bertz CT molecular complexity index is 494. The highest BCUT2D eigenvalue weighted by Gasteiger charge is 2.34. The molecule has 1 aromatic carbocycles. The van der Waals surface area contributed by atoms with Crippen LogP contribution in [0.3, 0.4) is 0 Å². The van der Waals surface area contributed by atoms with E-state index in [1.807, 2.05) is 24.3 Å². The highest BCUT2D eigenvalue weighted by atomic mass is 35.5. The molecule has 1 aromatic rings. The monoisotopic (exact) mass is 311 g/mol. The number of ether oxygens (including phenoxy) is 1. The van der Waals surface area contributed by atoms with Gasteiger partial charge in [0.25, 0.3) is 0 Å². The fourth-order valence-corrected chi connectivity index (χ4v) is 3.10. The quantitative estimate of drug-likeness (QED) is 0.929. The molecule has 2 rings (SSSR count). The number of benzene rings is 1. The van der Waals surface area contributed by atoms with Gasteiger partial charge in [-0.1, -0.05) is 23.7 Å². The summed E-state index contributed by atoms with van der Waals surface area (Å²) in [6.45, 7) is 0.538. The van der Waals surface area contributed by atoms with Crippen molar-refractivity contribution in [3.05, 3.63) is 34.9 Å². The Labute approximate surface area is 130 Å². The Morgan fingerprint density at radius 1 is 1.48 bits per heavy atom. The van der Waals surface area contributed by atoms with Crippen molar-refractivity contribution < 1.29 is 14.6 Å². The number of amides is 1. The van der Waals surface area contributed by atoms with Crippen LogP contribution in [0.15, 0.2) is 24.3 Å². The van der Waals surface area contributed by atoms with E-state index in [0.717, 1.165) is 5.56 Å². The third kappa shape index (κ3) is 4.19. The molecule has 0 radical (unpaired) electrons. The molecule has 5 heteroatoms. The van der Waals surface area contributed by atoms with Gasteiger partial charge >= 0.3 is 0 Å². The second-order valence-electron chi connectivity index (χ2n) is 5.68. The number of carbonyl (C=O) groups excluding carboxylic acids is 1. The van der Waals surface area contributed by atoms with Crippen molar-refractivity contribution in [3.63, 3.8) is 0 Å². The molecular formula is C16H22ClNO3. The van der Waals surface area contributed by atoms with Gasteiger partial charge in [0.2, 0.25) is 5.91 Å². The van der Waals surface area contributed by atoms with Gasteiger partial charge in [-0.25, -0.2) is 0 Å². The number of hydrogen-bond acceptors (Lipinski definition) is 3. The summed E-state index contributed by atoms with van der Waals surface area (Å²) in [7, 11) is 3.38. The fourth-order valence-electron chi connectivity index (χ4n) is 2.89. The van der Waals surface area contributed by atoms with Gasteiger partial charge in [-0.2, -0.15) is 0 Å². The van der Waals surface area contributed by atoms with Crippen LogP contribution in [-0.4, -0.2) is 42.3 Å². The highest BCUT2D eigenvalue weighted by Crippen LogP contribution is 2.28. The van der Waals surface area contributed by atoms with E-state index in [1.54, 1.807) is 19.1 Å². The highest BCUT2D eigenvalue weighted by molar-refractivity contribution is 6.30. The van der Waals surface area contributed by atoms with Crippen molar-refractivity contribution in [3.8, 4) is 0 Å².